The fourth-order valence-corrected chi connectivity index (χ4v) is 2.70. The van der Waals surface area contributed by atoms with Crippen molar-refractivity contribution in [1.82, 2.24) is 4.90 Å². The highest BCUT2D eigenvalue weighted by atomic mass is 35.5. The van der Waals surface area contributed by atoms with Crippen LogP contribution in [0.5, 0.6) is 5.75 Å². The molecule has 2 aromatic carbocycles. The van der Waals surface area contributed by atoms with Gasteiger partial charge >= 0.3 is 0 Å². The first-order valence-electron chi connectivity index (χ1n) is 8.34. The van der Waals surface area contributed by atoms with E-state index in [0.717, 1.165) is 6.07 Å². The molecule has 0 unspecified atom stereocenters. The first-order valence-corrected chi connectivity index (χ1v) is 8.72. The van der Waals surface area contributed by atoms with Crippen LogP contribution in [-0.2, 0) is 4.79 Å². The Hall–Kier alpha value is -2.74. The zero-order valence-corrected chi connectivity index (χ0v) is 15.9. The van der Waals surface area contributed by atoms with E-state index in [-0.39, 0.29) is 17.9 Å². The molecule has 28 heavy (non-hydrogen) atoms. The summed E-state index contributed by atoms with van der Waals surface area (Å²) >= 11 is 5.94. The second-order valence-corrected chi connectivity index (χ2v) is 6.28. The molecular formula is C19H18ClF3N2O3. The van der Waals surface area contributed by atoms with E-state index in [9.17, 15) is 22.8 Å². The number of nitrogens with zero attached hydrogens (tertiary/aromatic N) is 1. The fraction of sp³-hybridized carbons (Fsp3) is 0.263. The smallest absolute Gasteiger partial charge is 0.258 e. The molecule has 0 atom stereocenters. The Morgan fingerprint density at radius 3 is 2.50 bits per heavy atom. The zero-order valence-electron chi connectivity index (χ0n) is 15.2. The lowest BCUT2D eigenvalue weighted by Crippen LogP contribution is -2.38. The van der Waals surface area contributed by atoms with Gasteiger partial charge in [-0.25, -0.2) is 13.2 Å². The lowest BCUT2D eigenvalue weighted by Gasteiger charge is -2.23. The highest BCUT2D eigenvalue weighted by molar-refractivity contribution is 6.31. The summed E-state index contributed by atoms with van der Waals surface area (Å²) in [5.41, 5.74) is -0.358. The van der Waals surface area contributed by atoms with Crippen LogP contribution in [0.2, 0.25) is 5.02 Å². The van der Waals surface area contributed by atoms with Crippen molar-refractivity contribution in [1.29, 1.82) is 0 Å². The van der Waals surface area contributed by atoms with Crippen molar-refractivity contribution in [3.05, 3.63) is 58.4 Å². The van der Waals surface area contributed by atoms with Crippen molar-refractivity contribution in [3.63, 3.8) is 0 Å². The standard InChI is InChI=1S/C19H18ClF3N2O3/c1-3-8-25(19(27)12-9-11(20)4-7-15(12)28-2)10-16(26)24-14-6-5-13(21)17(22)18(14)23/h4-7,9H,3,8,10H2,1-2H3,(H,24,26). The van der Waals surface area contributed by atoms with Crippen molar-refractivity contribution in [3.8, 4) is 5.75 Å². The number of carbonyl (C=O) groups excluding carboxylic acids is 2. The number of ether oxygens (including phenoxy) is 1. The van der Waals surface area contributed by atoms with Gasteiger partial charge in [-0.15, -0.1) is 0 Å². The Labute approximate surface area is 165 Å². The van der Waals surface area contributed by atoms with Crippen LogP contribution in [0, 0.1) is 17.5 Å². The van der Waals surface area contributed by atoms with Gasteiger partial charge in [0.25, 0.3) is 5.91 Å². The Balaban J connectivity index is 2.21. The molecular weight excluding hydrogens is 397 g/mol. The second-order valence-electron chi connectivity index (χ2n) is 5.84. The van der Waals surface area contributed by atoms with E-state index in [1.165, 1.54) is 24.1 Å². The molecule has 0 bridgehead atoms. The van der Waals surface area contributed by atoms with Crippen LogP contribution in [0.3, 0.4) is 0 Å². The number of carbonyl (C=O) groups is 2. The summed E-state index contributed by atoms with van der Waals surface area (Å²) in [6.07, 6.45) is 0.543. The third kappa shape index (κ3) is 4.95. The summed E-state index contributed by atoms with van der Waals surface area (Å²) in [6, 6.07) is 6.09. The van der Waals surface area contributed by atoms with Gasteiger partial charge in [0.1, 0.15) is 12.3 Å². The number of amides is 2. The number of methoxy groups -OCH3 is 1. The minimum Gasteiger partial charge on any atom is -0.496 e. The number of nitrogens with one attached hydrogen (secondary N) is 1. The van der Waals surface area contributed by atoms with Crippen molar-refractivity contribution < 1.29 is 27.5 Å². The predicted molar refractivity (Wildman–Crippen MR) is 99.1 cm³/mol. The van der Waals surface area contributed by atoms with Crippen LogP contribution in [0.25, 0.3) is 0 Å². The third-order valence-corrected chi connectivity index (χ3v) is 4.05. The molecule has 0 saturated heterocycles. The number of halogens is 4. The molecule has 5 nitrogen and oxygen atoms in total. The van der Waals surface area contributed by atoms with E-state index in [0.29, 0.717) is 17.5 Å². The summed E-state index contributed by atoms with van der Waals surface area (Å²) in [5.74, 6) is -5.58. The molecule has 0 aliphatic rings. The van der Waals surface area contributed by atoms with Crippen LogP contribution in [0.15, 0.2) is 30.3 Å². The zero-order chi connectivity index (χ0) is 20.8. The molecule has 150 valence electrons. The number of benzene rings is 2. The molecule has 0 aromatic heterocycles. The summed E-state index contributed by atoms with van der Waals surface area (Å²) in [4.78, 5) is 26.3. The summed E-state index contributed by atoms with van der Waals surface area (Å²) < 4.78 is 45.2. The van der Waals surface area contributed by atoms with E-state index in [4.69, 9.17) is 16.3 Å². The Morgan fingerprint density at radius 2 is 1.86 bits per heavy atom. The van der Waals surface area contributed by atoms with E-state index < -0.39 is 41.5 Å². The Morgan fingerprint density at radius 1 is 1.14 bits per heavy atom. The van der Waals surface area contributed by atoms with Crippen LogP contribution < -0.4 is 10.1 Å². The van der Waals surface area contributed by atoms with E-state index in [2.05, 4.69) is 5.32 Å². The van der Waals surface area contributed by atoms with E-state index in [1.807, 2.05) is 6.92 Å². The molecule has 2 aromatic rings. The topological polar surface area (TPSA) is 58.6 Å². The molecule has 0 fully saturated rings. The van der Waals surface area contributed by atoms with Gasteiger partial charge in [0.15, 0.2) is 17.5 Å². The quantitative estimate of drug-likeness (QED) is 0.689. The molecule has 0 saturated carbocycles. The maximum absolute atomic E-state index is 13.7. The molecule has 9 heteroatoms. The summed E-state index contributed by atoms with van der Waals surface area (Å²) in [6.45, 7) is 1.60. The van der Waals surface area contributed by atoms with Gasteiger partial charge in [0.05, 0.1) is 18.4 Å². The van der Waals surface area contributed by atoms with E-state index in [1.54, 1.807) is 6.07 Å². The van der Waals surface area contributed by atoms with Crippen molar-refractivity contribution in [2.45, 2.75) is 13.3 Å². The summed E-state index contributed by atoms with van der Waals surface area (Å²) in [7, 11) is 1.39. The maximum atomic E-state index is 13.7. The Kier molecular flexibility index (Phi) is 7.28. The molecule has 0 radical (unpaired) electrons. The maximum Gasteiger partial charge on any atom is 0.258 e. The van der Waals surface area contributed by atoms with Gasteiger partial charge in [-0.05, 0) is 36.8 Å². The van der Waals surface area contributed by atoms with Crippen molar-refractivity contribution in [2.24, 2.45) is 0 Å². The number of hydrogen-bond donors (Lipinski definition) is 1. The average molecular weight is 415 g/mol. The molecule has 0 aliphatic carbocycles. The molecule has 1 N–H and O–H groups in total. The molecule has 0 aliphatic heterocycles. The van der Waals surface area contributed by atoms with Crippen molar-refractivity contribution in [2.75, 3.05) is 25.5 Å². The van der Waals surface area contributed by atoms with Gasteiger partial charge < -0.3 is 15.0 Å². The van der Waals surface area contributed by atoms with Gasteiger partial charge in [-0.2, -0.15) is 0 Å². The van der Waals surface area contributed by atoms with Crippen LogP contribution in [-0.4, -0.2) is 36.9 Å². The van der Waals surface area contributed by atoms with E-state index >= 15 is 0 Å². The lowest BCUT2D eigenvalue weighted by atomic mass is 10.1. The van der Waals surface area contributed by atoms with Gasteiger partial charge in [-0.3, -0.25) is 9.59 Å². The highest BCUT2D eigenvalue weighted by Gasteiger charge is 2.23. The number of rotatable bonds is 7. The van der Waals surface area contributed by atoms with Crippen LogP contribution in [0.1, 0.15) is 23.7 Å². The molecule has 2 amide bonds. The third-order valence-electron chi connectivity index (χ3n) is 3.82. The number of anilines is 1. The minimum atomic E-state index is -1.69. The van der Waals surface area contributed by atoms with Gasteiger partial charge in [-0.1, -0.05) is 18.5 Å². The first-order chi connectivity index (χ1) is 13.3. The predicted octanol–water partition coefficient (Wildman–Crippen LogP) is 4.26. The summed E-state index contributed by atoms with van der Waals surface area (Å²) in [5, 5.41) is 2.46. The van der Waals surface area contributed by atoms with Crippen LogP contribution in [0.4, 0.5) is 18.9 Å². The minimum absolute atomic E-state index is 0.162. The van der Waals surface area contributed by atoms with Gasteiger partial charge in [0, 0.05) is 11.6 Å². The SMILES string of the molecule is CCCN(CC(=O)Nc1ccc(F)c(F)c1F)C(=O)c1cc(Cl)ccc1OC. The monoisotopic (exact) mass is 414 g/mol. The molecule has 0 heterocycles. The highest BCUT2D eigenvalue weighted by Crippen LogP contribution is 2.24. The molecule has 0 spiro atoms. The normalized spacial score (nSPS) is 10.5. The lowest BCUT2D eigenvalue weighted by molar-refractivity contribution is -0.116. The Bertz CT molecular complexity index is 893. The second kappa shape index (κ2) is 9.45. The van der Waals surface area contributed by atoms with Crippen LogP contribution >= 0.6 is 11.6 Å². The number of hydrogen-bond acceptors (Lipinski definition) is 3. The first kappa shape index (κ1) is 21.6. The average Bonchev–Trinajstić information content (AvgIpc) is 2.67. The van der Waals surface area contributed by atoms with Crippen molar-refractivity contribution >= 4 is 29.1 Å². The largest absolute Gasteiger partial charge is 0.496 e. The fourth-order valence-electron chi connectivity index (χ4n) is 2.53. The molecule has 2 rings (SSSR count). The van der Waals surface area contributed by atoms with Gasteiger partial charge in [0.2, 0.25) is 5.91 Å².